The molecule has 0 heterocycles. The Morgan fingerprint density at radius 1 is 1.25 bits per heavy atom. The molecule has 0 aliphatic heterocycles. The smallest absolute Gasteiger partial charge is 0.227 e. The van der Waals surface area contributed by atoms with E-state index < -0.39 is 5.41 Å². The highest BCUT2D eigenvalue weighted by molar-refractivity contribution is 5.82. The van der Waals surface area contributed by atoms with Gasteiger partial charge in [0.25, 0.3) is 0 Å². The summed E-state index contributed by atoms with van der Waals surface area (Å²) in [7, 11) is 0. The van der Waals surface area contributed by atoms with Crippen LogP contribution in [0.3, 0.4) is 0 Å². The number of nitrogens with one attached hydrogen (secondary N) is 1. The molecule has 0 saturated heterocycles. The number of hydrogen-bond acceptors (Lipinski definition) is 2. The largest absolute Gasteiger partial charge is 0.349 e. The van der Waals surface area contributed by atoms with Crippen LogP contribution in [0.2, 0.25) is 0 Å². The average molecular weight is 276 g/mol. The fraction of sp³-hybridized carbons (Fsp3) is 0.588. The van der Waals surface area contributed by atoms with Gasteiger partial charge in [-0.25, -0.2) is 0 Å². The van der Waals surface area contributed by atoms with Gasteiger partial charge in [0.15, 0.2) is 0 Å². The normalized spacial score (nSPS) is 13.3. The first-order chi connectivity index (χ1) is 9.31. The quantitative estimate of drug-likeness (QED) is 0.839. The fourth-order valence-corrected chi connectivity index (χ4v) is 2.02. The summed E-state index contributed by atoms with van der Waals surface area (Å²) in [6.45, 7) is 10.5. The predicted octanol–water partition coefficient (Wildman–Crippen LogP) is 3.05. The summed E-state index contributed by atoms with van der Waals surface area (Å²) in [5.41, 5.74) is 7.60. The van der Waals surface area contributed by atoms with Crippen LogP contribution in [0, 0.1) is 11.3 Å². The Balaban J connectivity index is 2.91. The van der Waals surface area contributed by atoms with Crippen molar-refractivity contribution in [1.29, 1.82) is 0 Å². The molecular weight excluding hydrogens is 248 g/mol. The highest BCUT2D eigenvalue weighted by atomic mass is 16.2. The molecule has 1 rings (SSSR count). The van der Waals surface area contributed by atoms with Crippen LogP contribution in [0.4, 0.5) is 0 Å². The zero-order chi connectivity index (χ0) is 15.3. The second-order valence-electron chi connectivity index (χ2n) is 6.38. The van der Waals surface area contributed by atoms with Gasteiger partial charge in [-0.05, 0) is 37.3 Å². The first-order valence-corrected chi connectivity index (χ1v) is 7.41. The molecule has 1 amide bonds. The van der Waals surface area contributed by atoms with Gasteiger partial charge in [-0.15, -0.1) is 0 Å². The monoisotopic (exact) mass is 276 g/mol. The van der Waals surface area contributed by atoms with Crippen LogP contribution in [-0.2, 0) is 11.2 Å². The van der Waals surface area contributed by atoms with Gasteiger partial charge in [0, 0.05) is 6.54 Å². The molecule has 3 nitrogen and oxygen atoms in total. The van der Waals surface area contributed by atoms with Gasteiger partial charge < -0.3 is 11.1 Å². The van der Waals surface area contributed by atoms with E-state index in [2.05, 4.69) is 50.4 Å². The summed E-state index contributed by atoms with van der Waals surface area (Å²) in [6.07, 6.45) is 1.03. The number of hydrogen-bond donors (Lipinski definition) is 2. The number of nitrogens with two attached hydrogens (primary N) is 1. The Morgan fingerprint density at radius 2 is 1.80 bits per heavy atom. The van der Waals surface area contributed by atoms with Crippen molar-refractivity contribution >= 4 is 5.91 Å². The molecule has 0 spiro atoms. The van der Waals surface area contributed by atoms with E-state index in [-0.39, 0.29) is 11.9 Å². The van der Waals surface area contributed by atoms with E-state index in [1.807, 2.05) is 13.8 Å². The van der Waals surface area contributed by atoms with Crippen LogP contribution in [0.25, 0.3) is 0 Å². The molecule has 0 aliphatic carbocycles. The molecule has 1 aromatic carbocycles. The average Bonchev–Trinajstić information content (AvgIpc) is 2.44. The van der Waals surface area contributed by atoms with Gasteiger partial charge in [-0.3, -0.25) is 4.79 Å². The van der Waals surface area contributed by atoms with Crippen LogP contribution >= 0.6 is 0 Å². The first kappa shape index (κ1) is 16.7. The minimum Gasteiger partial charge on any atom is -0.349 e. The third kappa shape index (κ3) is 4.07. The topological polar surface area (TPSA) is 55.1 Å². The lowest BCUT2D eigenvalue weighted by Gasteiger charge is -2.28. The summed E-state index contributed by atoms with van der Waals surface area (Å²) in [6, 6.07) is 8.51. The molecule has 0 radical (unpaired) electrons. The lowest BCUT2D eigenvalue weighted by molar-refractivity contribution is -0.130. The van der Waals surface area contributed by atoms with E-state index >= 15 is 0 Å². The Morgan fingerprint density at radius 3 is 2.20 bits per heavy atom. The number of benzene rings is 1. The van der Waals surface area contributed by atoms with Crippen molar-refractivity contribution < 1.29 is 4.79 Å². The number of aryl methyl sites for hydroxylation is 1. The van der Waals surface area contributed by atoms with E-state index in [4.69, 9.17) is 5.73 Å². The minimum absolute atomic E-state index is 0.0123. The molecule has 0 fully saturated rings. The molecule has 112 valence electrons. The minimum atomic E-state index is -0.531. The maximum Gasteiger partial charge on any atom is 0.227 e. The van der Waals surface area contributed by atoms with Crippen molar-refractivity contribution in [2.24, 2.45) is 17.1 Å². The van der Waals surface area contributed by atoms with Crippen LogP contribution in [-0.4, -0.2) is 12.5 Å². The molecule has 0 saturated carbocycles. The summed E-state index contributed by atoms with van der Waals surface area (Å²) in [4.78, 5) is 12.3. The van der Waals surface area contributed by atoms with E-state index in [1.165, 1.54) is 5.56 Å². The number of amides is 1. The van der Waals surface area contributed by atoms with Crippen molar-refractivity contribution in [3.8, 4) is 0 Å². The maximum absolute atomic E-state index is 12.3. The van der Waals surface area contributed by atoms with E-state index in [1.54, 1.807) is 0 Å². The third-order valence-electron chi connectivity index (χ3n) is 3.83. The number of carbonyl (C=O) groups excluding carboxylic acids is 1. The standard InChI is InChI=1S/C17H28N2O/c1-6-13-7-9-14(10-8-13)15(12(2)3)19-16(20)17(4,5)11-18/h7-10,12,15H,6,11,18H2,1-5H3,(H,19,20). The van der Waals surface area contributed by atoms with Gasteiger partial charge in [0.1, 0.15) is 0 Å². The summed E-state index contributed by atoms with van der Waals surface area (Å²) < 4.78 is 0. The molecule has 20 heavy (non-hydrogen) atoms. The SMILES string of the molecule is CCc1ccc(C(NC(=O)C(C)(C)CN)C(C)C)cc1. The highest BCUT2D eigenvalue weighted by Crippen LogP contribution is 2.24. The molecule has 0 bridgehead atoms. The van der Waals surface area contributed by atoms with Crippen molar-refractivity contribution in [2.75, 3.05) is 6.54 Å². The zero-order valence-electron chi connectivity index (χ0n) is 13.4. The summed E-state index contributed by atoms with van der Waals surface area (Å²) >= 11 is 0. The molecular formula is C17H28N2O. The zero-order valence-corrected chi connectivity index (χ0v) is 13.4. The van der Waals surface area contributed by atoms with Gasteiger partial charge >= 0.3 is 0 Å². The lowest BCUT2D eigenvalue weighted by Crippen LogP contribution is -2.44. The van der Waals surface area contributed by atoms with Crippen molar-refractivity contribution in [2.45, 2.75) is 47.1 Å². The lowest BCUT2D eigenvalue weighted by atomic mass is 9.89. The molecule has 1 atom stereocenters. The Hall–Kier alpha value is -1.35. The number of carbonyl (C=O) groups is 1. The van der Waals surface area contributed by atoms with Crippen LogP contribution in [0.5, 0.6) is 0 Å². The molecule has 1 aromatic rings. The van der Waals surface area contributed by atoms with E-state index in [0.717, 1.165) is 12.0 Å². The van der Waals surface area contributed by atoms with Crippen LogP contribution in [0.15, 0.2) is 24.3 Å². The second-order valence-corrected chi connectivity index (χ2v) is 6.38. The maximum atomic E-state index is 12.3. The van der Waals surface area contributed by atoms with Gasteiger partial charge in [-0.2, -0.15) is 0 Å². The second kappa shape index (κ2) is 6.89. The van der Waals surface area contributed by atoms with Crippen molar-refractivity contribution in [3.63, 3.8) is 0 Å². The van der Waals surface area contributed by atoms with Gasteiger partial charge in [0.2, 0.25) is 5.91 Å². The highest BCUT2D eigenvalue weighted by Gasteiger charge is 2.29. The van der Waals surface area contributed by atoms with Crippen LogP contribution < -0.4 is 11.1 Å². The molecule has 0 aliphatic rings. The fourth-order valence-electron chi connectivity index (χ4n) is 2.02. The predicted molar refractivity (Wildman–Crippen MR) is 84.4 cm³/mol. The Bertz CT molecular complexity index is 435. The van der Waals surface area contributed by atoms with Gasteiger partial charge in [-0.1, -0.05) is 45.0 Å². The molecule has 0 aromatic heterocycles. The molecule has 3 N–H and O–H groups in total. The molecule has 1 unspecified atom stereocenters. The van der Waals surface area contributed by atoms with E-state index in [0.29, 0.717) is 12.5 Å². The first-order valence-electron chi connectivity index (χ1n) is 7.41. The summed E-state index contributed by atoms with van der Waals surface area (Å²) in [5.74, 6) is 0.346. The number of rotatable bonds is 6. The van der Waals surface area contributed by atoms with Gasteiger partial charge in [0.05, 0.1) is 11.5 Å². The molecule has 3 heteroatoms. The van der Waals surface area contributed by atoms with E-state index in [9.17, 15) is 4.79 Å². The van der Waals surface area contributed by atoms with Crippen molar-refractivity contribution in [1.82, 2.24) is 5.32 Å². The Kier molecular flexibility index (Phi) is 5.75. The Labute approximate surface area is 122 Å². The third-order valence-corrected chi connectivity index (χ3v) is 3.83. The van der Waals surface area contributed by atoms with Crippen molar-refractivity contribution in [3.05, 3.63) is 35.4 Å². The van der Waals surface area contributed by atoms with Crippen LogP contribution in [0.1, 0.15) is 51.8 Å². The summed E-state index contributed by atoms with van der Waals surface area (Å²) in [5, 5.41) is 3.14.